The monoisotopic (exact) mass is 198 g/mol. The molecule has 0 unspecified atom stereocenters. The Bertz CT molecular complexity index is 321. The van der Waals surface area contributed by atoms with Crippen LogP contribution in [0.2, 0.25) is 0 Å². The number of aliphatic hydroxyl groups is 1. The number of hydrogen-bond donors (Lipinski definition) is 1. The molecule has 0 saturated carbocycles. The van der Waals surface area contributed by atoms with Crippen LogP contribution in [0.4, 0.5) is 4.39 Å². The lowest BCUT2D eigenvalue weighted by Crippen LogP contribution is -2.32. The Balaban J connectivity index is 2.91. The van der Waals surface area contributed by atoms with Gasteiger partial charge in [-0.15, -0.1) is 0 Å². The van der Waals surface area contributed by atoms with E-state index in [-0.39, 0.29) is 12.4 Å². The third-order valence-corrected chi connectivity index (χ3v) is 1.92. The van der Waals surface area contributed by atoms with Gasteiger partial charge in [-0.2, -0.15) is 0 Å². The molecule has 0 aromatic heterocycles. The molecule has 0 aliphatic heterocycles. The van der Waals surface area contributed by atoms with E-state index in [1.54, 1.807) is 19.9 Å². The van der Waals surface area contributed by atoms with Crippen molar-refractivity contribution in [1.29, 1.82) is 0 Å². The molecule has 1 rings (SSSR count). The Morgan fingerprint density at radius 1 is 1.43 bits per heavy atom. The maximum Gasteiger partial charge on any atom is 0.126 e. The van der Waals surface area contributed by atoms with E-state index >= 15 is 0 Å². The van der Waals surface area contributed by atoms with Crippen LogP contribution >= 0.6 is 0 Å². The molecule has 0 saturated heterocycles. The molecule has 2 nitrogen and oxygen atoms in total. The van der Waals surface area contributed by atoms with Crippen LogP contribution in [-0.2, 0) is 0 Å². The van der Waals surface area contributed by atoms with Crippen molar-refractivity contribution in [3.05, 3.63) is 29.6 Å². The lowest BCUT2D eigenvalue weighted by molar-refractivity contribution is 0.0404. The highest BCUT2D eigenvalue weighted by Crippen LogP contribution is 2.23. The highest BCUT2D eigenvalue weighted by atomic mass is 19.1. The van der Waals surface area contributed by atoms with Crippen LogP contribution in [0.25, 0.3) is 0 Å². The van der Waals surface area contributed by atoms with Crippen LogP contribution in [0.5, 0.6) is 5.75 Å². The van der Waals surface area contributed by atoms with Crippen molar-refractivity contribution in [1.82, 2.24) is 0 Å². The standard InChI is InChI=1S/C11H15FO2/c1-8-4-5-9(12)6-10(8)14-11(2,3)7-13/h4-6,13H,7H2,1-3H3. The Hall–Kier alpha value is -1.09. The molecule has 0 bridgehead atoms. The first-order chi connectivity index (χ1) is 6.44. The zero-order valence-electron chi connectivity index (χ0n) is 8.67. The van der Waals surface area contributed by atoms with Gasteiger partial charge in [0.1, 0.15) is 17.2 Å². The first-order valence-corrected chi connectivity index (χ1v) is 4.51. The second-order valence-electron chi connectivity index (χ2n) is 3.93. The van der Waals surface area contributed by atoms with E-state index < -0.39 is 5.60 Å². The third kappa shape index (κ3) is 2.70. The highest BCUT2D eigenvalue weighted by Gasteiger charge is 2.19. The molecule has 0 amide bonds. The first kappa shape index (κ1) is 11.0. The summed E-state index contributed by atoms with van der Waals surface area (Å²) in [6, 6.07) is 4.36. The van der Waals surface area contributed by atoms with Gasteiger partial charge in [-0.05, 0) is 32.4 Å². The maximum absolute atomic E-state index is 12.9. The van der Waals surface area contributed by atoms with Crippen molar-refractivity contribution in [2.75, 3.05) is 6.61 Å². The van der Waals surface area contributed by atoms with Crippen molar-refractivity contribution in [3.63, 3.8) is 0 Å². The summed E-state index contributed by atoms with van der Waals surface area (Å²) in [5.41, 5.74) is 0.173. The molecule has 14 heavy (non-hydrogen) atoms. The van der Waals surface area contributed by atoms with Crippen LogP contribution < -0.4 is 4.74 Å². The van der Waals surface area contributed by atoms with Crippen molar-refractivity contribution in [3.8, 4) is 5.75 Å². The van der Waals surface area contributed by atoms with Crippen LogP contribution in [0.15, 0.2) is 18.2 Å². The summed E-state index contributed by atoms with van der Waals surface area (Å²) in [6.45, 7) is 5.22. The fourth-order valence-electron chi connectivity index (χ4n) is 1.01. The Morgan fingerprint density at radius 2 is 2.07 bits per heavy atom. The molecule has 0 spiro atoms. The third-order valence-electron chi connectivity index (χ3n) is 1.92. The second kappa shape index (κ2) is 3.96. The van der Waals surface area contributed by atoms with E-state index in [4.69, 9.17) is 9.84 Å². The number of rotatable bonds is 3. The van der Waals surface area contributed by atoms with Crippen molar-refractivity contribution in [2.45, 2.75) is 26.4 Å². The highest BCUT2D eigenvalue weighted by molar-refractivity contribution is 5.33. The van der Waals surface area contributed by atoms with E-state index in [1.807, 2.05) is 6.92 Å². The van der Waals surface area contributed by atoms with Gasteiger partial charge in [0.15, 0.2) is 0 Å². The summed E-state index contributed by atoms with van der Waals surface area (Å²) < 4.78 is 18.4. The normalized spacial score (nSPS) is 11.5. The fourth-order valence-corrected chi connectivity index (χ4v) is 1.01. The number of ether oxygens (including phenoxy) is 1. The van der Waals surface area contributed by atoms with E-state index in [1.165, 1.54) is 12.1 Å². The summed E-state index contributed by atoms with van der Waals surface area (Å²) in [7, 11) is 0. The largest absolute Gasteiger partial charge is 0.485 e. The zero-order chi connectivity index (χ0) is 10.8. The molecular formula is C11H15FO2. The van der Waals surface area contributed by atoms with Gasteiger partial charge in [-0.1, -0.05) is 6.07 Å². The summed E-state index contributed by atoms with van der Waals surface area (Å²) in [5.74, 6) is 0.142. The van der Waals surface area contributed by atoms with Gasteiger partial charge in [0.25, 0.3) is 0 Å². The lowest BCUT2D eigenvalue weighted by Gasteiger charge is -2.24. The van der Waals surface area contributed by atoms with Crippen LogP contribution in [0.1, 0.15) is 19.4 Å². The number of aliphatic hydroxyl groups excluding tert-OH is 1. The summed E-state index contributed by atoms with van der Waals surface area (Å²) in [5, 5.41) is 9.00. The molecule has 78 valence electrons. The van der Waals surface area contributed by atoms with E-state index in [0.29, 0.717) is 5.75 Å². The van der Waals surface area contributed by atoms with Gasteiger partial charge in [0.05, 0.1) is 6.61 Å². The van der Waals surface area contributed by atoms with Crippen LogP contribution in [-0.4, -0.2) is 17.3 Å². The molecule has 0 atom stereocenters. The average molecular weight is 198 g/mol. The Morgan fingerprint density at radius 3 is 2.64 bits per heavy atom. The van der Waals surface area contributed by atoms with E-state index in [2.05, 4.69) is 0 Å². The fraction of sp³-hybridized carbons (Fsp3) is 0.455. The number of benzene rings is 1. The number of hydrogen-bond acceptors (Lipinski definition) is 2. The van der Waals surface area contributed by atoms with Crippen LogP contribution in [0.3, 0.4) is 0 Å². The van der Waals surface area contributed by atoms with Gasteiger partial charge < -0.3 is 9.84 Å². The smallest absolute Gasteiger partial charge is 0.126 e. The van der Waals surface area contributed by atoms with E-state index in [0.717, 1.165) is 5.56 Å². The Kier molecular flexibility index (Phi) is 3.11. The average Bonchev–Trinajstić information content (AvgIpc) is 2.11. The minimum atomic E-state index is -0.682. The molecule has 0 radical (unpaired) electrons. The molecular weight excluding hydrogens is 183 g/mol. The SMILES string of the molecule is Cc1ccc(F)cc1OC(C)(C)CO. The van der Waals surface area contributed by atoms with Crippen molar-refractivity contribution in [2.24, 2.45) is 0 Å². The van der Waals surface area contributed by atoms with Crippen molar-refractivity contribution < 1.29 is 14.2 Å². The molecule has 1 aromatic carbocycles. The van der Waals surface area contributed by atoms with Crippen molar-refractivity contribution >= 4 is 0 Å². The quantitative estimate of drug-likeness (QED) is 0.807. The minimum absolute atomic E-state index is 0.108. The predicted molar refractivity (Wildman–Crippen MR) is 52.9 cm³/mol. The molecule has 3 heteroatoms. The molecule has 0 aliphatic rings. The van der Waals surface area contributed by atoms with Gasteiger partial charge in [0, 0.05) is 6.07 Å². The molecule has 1 N–H and O–H groups in total. The van der Waals surface area contributed by atoms with Gasteiger partial charge in [-0.3, -0.25) is 0 Å². The summed E-state index contributed by atoms with van der Waals surface area (Å²) in [4.78, 5) is 0. The molecule has 0 fully saturated rings. The maximum atomic E-state index is 12.9. The summed E-state index contributed by atoms with van der Waals surface area (Å²) >= 11 is 0. The predicted octanol–water partition coefficient (Wildman–Crippen LogP) is 2.28. The van der Waals surface area contributed by atoms with Gasteiger partial charge in [-0.25, -0.2) is 4.39 Å². The van der Waals surface area contributed by atoms with Crippen LogP contribution in [0, 0.1) is 12.7 Å². The Labute approximate surface area is 83.3 Å². The first-order valence-electron chi connectivity index (χ1n) is 4.51. The number of aryl methyl sites for hydroxylation is 1. The summed E-state index contributed by atoms with van der Waals surface area (Å²) in [6.07, 6.45) is 0. The minimum Gasteiger partial charge on any atom is -0.485 e. The lowest BCUT2D eigenvalue weighted by atomic mass is 10.1. The second-order valence-corrected chi connectivity index (χ2v) is 3.93. The van der Waals surface area contributed by atoms with Gasteiger partial charge in [0.2, 0.25) is 0 Å². The van der Waals surface area contributed by atoms with E-state index in [9.17, 15) is 4.39 Å². The zero-order valence-corrected chi connectivity index (χ0v) is 8.67. The molecule has 0 heterocycles. The topological polar surface area (TPSA) is 29.5 Å². The molecule has 0 aliphatic carbocycles. The number of halogens is 1. The van der Waals surface area contributed by atoms with Gasteiger partial charge >= 0.3 is 0 Å². The molecule has 1 aromatic rings.